The van der Waals surface area contributed by atoms with Crippen LogP contribution in [0.4, 0.5) is 0 Å². The van der Waals surface area contributed by atoms with Gasteiger partial charge in [0.15, 0.2) is 5.75 Å². The molecule has 0 aliphatic rings. The second-order valence-electron chi connectivity index (χ2n) is 4.52. The van der Waals surface area contributed by atoms with Gasteiger partial charge in [-0.1, -0.05) is 13.8 Å². The van der Waals surface area contributed by atoms with Gasteiger partial charge in [-0.15, -0.1) is 11.6 Å². The van der Waals surface area contributed by atoms with E-state index in [-0.39, 0.29) is 11.8 Å². The van der Waals surface area contributed by atoms with E-state index < -0.39 is 0 Å². The van der Waals surface area contributed by atoms with E-state index in [2.05, 4.69) is 15.0 Å². The van der Waals surface area contributed by atoms with Gasteiger partial charge in [0.1, 0.15) is 17.3 Å². The summed E-state index contributed by atoms with van der Waals surface area (Å²) in [4.78, 5) is 12.9. The first-order chi connectivity index (χ1) is 9.11. The Morgan fingerprint density at radius 3 is 2.68 bits per heavy atom. The summed E-state index contributed by atoms with van der Waals surface area (Å²) >= 11 is 5.93. The van der Waals surface area contributed by atoms with Crippen molar-refractivity contribution in [1.82, 2.24) is 15.0 Å². The molecule has 4 nitrogen and oxygen atoms in total. The number of alkyl halides is 1. The highest BCUT2D eigenvalue weighted by Gasteiger charge is 2.11. The van der Waals surface area contributed by atoms with Gasteiger partial charge in [0.2, 0.25) is 0 Å². The summed E-state index contributed by atoms with van der Waals surface area (Å²) in [7, 11) is 0. The molecule has 0 N–H and O–H groups in total. The average Bonchev–Trinajstić information content (AvgIpc) is 2.41. The SMILES string of the molecule is Cc1ncccc1Oc1cnc(C(C)C)nc1CCl. The number of aromatic nitrogens is 3. The lowest BCUT2D eigenvalue weighted by atomic mass is 10.2. The fraction of sp³-hybridized carbons (Fsp3) is 0.357. The maximum absolute atomic E-state index is 5.93. The highest BCUT2D eigenvalue weighted by molar-refractivity contribution is 6.17. The van der Waals surface area contributed by atoms with Crippen molar-refractivity contribution in [2.75, 3.05) is 0 Å². The van der Waals surface area contributed by atoms with Crippen LogP contribution in [-0.2, 0) is 5.88 Å². The van der Waals surface area contributed by atoms with E-state index >= 15 is 0 Å². The maximum atomic E-state index is 5.93. The van der Waals surface area contributed by atoms with Crippen LogP contribution in [0.5, 0.6) is 11.5 Å². The Morgan fingerprint density at radius 1 is 1.26 bits per heavy atom. The van der Waals surface area contributed by atoms with Crippen LogP contribution >= 0.6 is 11.6 Å². The summed E-state index contributed by atoms with van der Waals surface area (Å²) < 4.78 is 5.79. The van der Waals surface area contributed by atoms with E-state index in [0.717, 1.165) is 11.5 Å². The van der Waals surface area contributed by atoms with E-state index in [1.807, 2.05) is 32.9 Å². The molecule has 0 bridgehead atoms. The molecule has 0 saturated heterocycles. The van der Waals surface area contributed by atoms with Crippen molar-refractivity contribution in [3.63, 3.8) is 0 Å². The minimum Gasteiger partial charge on any atom is -0.452 e. The summed E-state index contributed by atoms with van der Waals surface area (Å²) in [5.74, 6) is 2.59. The average molecular weight is 278 g/mol. The third kappa shape index (κ3) is 3.20. The van der Waals surface area contributed by atoms with Gasteiger partial charge in [0.25, 0.3) is 0 Å². The molecule has 5 heteroatoms. The zero-order valence-corrected chi connectivity index (χ0v) is 12.0. The fourth-order valence-electron chi connectivity index (χ4n) is 1.58. The van der Waals surface area contributed by atoms with Gasteiger partial charge in [-0.2, -0.15) is 0 Å². The summed E-state index contributed by atoms with van der Waals surface area (Å²) in [6.07, 6.45) is 3.40. The molecule has 0 spiro atoms. The summed E-state index contributed by atoms with van der Waals surface area (Å²) in [5.41, 5.74) is 1.51. The van der Waals surface area contributed by atoms with Gasteiger partial charge in [-0.05, 0) is 19.1 Å². The second-order valence-corrected chi connectivity index (χ2v) is 4.78. The fourth-order valence-corrected chi connectivity index (χ4v) is 1.77. The predicted octanol–water partition coefficient (Wildman–Crippen LogP) is 3.83. The van der Waals surface area contributed by atoms with Crippen LogP contribution in [0.2, 0.25) is 0 Å². The number of rotatable bonds is 4. The van der Waals surface area contributed by atoms with E-state index in [9.17, 15) is 0 Å². The van der Waals surface area contributed by atoms with Crippen LogP contribution in [0.25, 0.3) is 0 Å². The molecule has 2 rings (SSSR count). The van der Waals surface area contributed by atoms with Crippen molar-refractivity contribution in [3.8, 4) is 11.5 Å². The monoisotopic (exact) mass is 277 g/mol. The first-order valence-corrected chi connectivity index (χ1v) is 6.66. The van der Waals surface area contributed by atoms with Crippen molar-refractivity contribution in [3.05, 3.63) is 41.7 Å². The van der Waals surface area contributed by atoms with Gasteiger partial charge < -0.3 is 4.74 Å². The van der Waals surface area contributed by atoms with Crippen molar-refractivity contribution >= 4 is 11.6 Å². The molecule has 0 unspecified atom stereocenters. The van der Waals surface area contributed by atoms with Gasteiger partial charge in [0, 0.05) is 12.1 Å². The zero-order chi connectivity index (χ0) is 13.8. The van der Waals surface area contributed by atoms with Crippen molar-refractivity contribution in [2.45, 2.75) is 32.6 Å². The number of hydrogen-bond donors (Lipinski definition) is 0. The molecule has 0 aromatic carbocycles. The molecule has 0 radical (unpaired) electrons. The molecule has 0 amide bonds. The third-order valence-corrected chi connectivity index (χ3v) is 2.92. The predicted molar refractivity (Wildman–Crippen MR) is 74.7 cm³/mol. The van der Waals surface area contributed by atoms with Crippen LogP contribution in [0.1, 0.15) is 37.0 Å². The van der Waals surface area contributed by atoms with Crippen LogP contribution in [0.3, 0.4) is 0 Å². The molecule has 100 valence electrons. The molecular weight excluding hydrogens is 262 g/mol. The topological polar surface area (TPSA) is 47.9 Å². The molecule has 2 heterocycles. The van der Waals surface area contributed by atoms with E-state index in [4.69, 9.17) is 16.3 Å². The number of halogens is 1. The highest BCUT2D eigenvalue weighted by atomic mass is 35.5. The summed E-state index contributed by atoms with van der Waals surface area (Å²) in [5, 5.41) is 0. The summed E-state index contributed by atoms with van der Waals surface area (Å²) in [6, 6.07) is 3.68. The number of nitrogens with zero attached hydrogens (tertiary/aromatic N) is 3. The molecular formula is C14H16ClN3O. The molecule has 0 saturated carbocycles. The maximum Gasteiger partial charge on any atom is 0.168 e. The number of hydrogen-bond acceptors (Lipinski definition) is 4. The Bertz CT molecular complexity index is 572. The van der Waals surface area contributed by atoms with Gasteiger partial charge >= 0.3 is 0 Å². The van der Waals surface area contributed by atoms with E-state index in [1.54, 1.807) is 12.4 Å². The Kier molecular flexibility index (Phi) is 4.32. The third-order valence-electron chi connectivity index (χ3n) is 2.67. The number of ether oxygens (including phenoxy) is 1. The van der Waals surface area contributed by atoms with Crippen molar-refractivity contribution in [2.24, 2.45) is 0 Å². The van der Waals surface area contributed by atoms with Crippen molar-refractivity contribution < 1.29 is 4.74 Å². The first kappa shape index (κ1) is 13.7. The lowest BCUT2D eigenvalue weighted by Crippen LogP contribution is -2.03. The smallest absolute Gasteiger partial charge is 0.168 e. The van der Waals surface area contributed by atoms with Gasteiger partial charge in [0.05, 0.1) is 17.8 Å². The lowest BCUT2D eigenvalue weighted by molar-refractivity contribution is 0.463. The Labute approximate surface area is 117 Å². The van der Waals surface area contributed by atoms with Crippen LogP contribution in [0, 0.1) is 6.92 Å². The minimum atomic E-state index is 0.260. The van der Waals surface area contributed by atoms with E-state index in [0.29, 0.717) is 17.2 Å². The highest BCUT2D eigenvalue weighted by Crippen LogP contribution is 2.27. The minimum absolute atomic E-state index is 0.260. The molecule has 0 fully saturated rings. The van der Waals surface area contributed by atoms with Gasteiger partial charge in [-0.3, -0.25) is 4.98 Å². The van der Waals surface area contributed by atoms with Gasteiger partial charge in [-0.25, -0.2) is 9.97 Å². The molecule has 2 aromatic rings. The Morgan fingerprint density at radius 2 is 2.05 bits per heavy atom. The number of pyridine rings is 1. The van der Waals surface area contributed by atoms with Crippen LogP contribution < -0.4 is 4.74 Å². The zero-order valence-electron chi connectivity index (χ0n) is 11.2. The molecule has 0 aliphatic carbocycles. The molecule has 0 atom stereocenters. The standard InChI is InChI=1S/C14H16ClN3O/c1-9(2)14-17-8-13(11(7-15)18-14)19-12-5-4-6-16-10(12)3/h4-6,8-9H,7H2,1-3H3. The first-order valence-electron chi connectivity index (χ1n) is 6.13. The Hall–Kier alpha value is -1.68. The lowest BCUT2D eigenvalue weighted by Gasteiger charge is -2.12. The van der Waals surface area contributed by atoms with Crippen LogP contribution in [0.15, 0.2) is 24.5 Å². The largest absolute Gasteiger partial charge is 0.452 e. The molecule has 19 heavy (non-hydrogen) atoms. The Balaban J connectivity index is 2.33. The van der Waals surface area contributed by atoms with Crippen molar-refractivity contribution in [1.29, 1.82) is 0 Å². The molecule has 2 aromatic heterocycles. The molecule has 0 aliphatic heterocycles. The second kappa shape index (κ2) is 5.97. The number of aryl methyl sites for hydroxylation is 1. The van der Waals surface area contributed by atoms with E-state index in [1.165, 1.54) is 0 Å². The summed E-state index contributed by atoms with van der Waals surface area (Å²) in [6.45, 7) is 5.97. The quantitative estimate of drug-likeness (QED) is 0.797. The van der Waals surface area contributed by atoms with Crippen LogP contribution in [-0.4, -0.2) is 15.0 Å². The normalized spacial score (nSPS) is 10.8.